The Balaban J connectivity index is 1.74. The van der Waals surface area contributed by atoms with E-state index in [2.05, 4.69) is 0 Å². The number of hydrogen-bond donors (Lipinski definition) is 0. The van der Waals surface area contributed by atoms with Gasteiger partial charge in [0.15, 0.2) is 11.6 Å². The molecule has 3 aromatic carbocycles. The number of hydrogen-bond acceptors (Lipinski definition) is 0. The quantitative estimate of drug-likeness (QED) is 0.554. The first-order valence-electron chi connectivity index (χ1n) is 8.20. The van der Waals surface area contributed by atoms with Crippen LogP contribution in [-0.4, -0.2) is 0 Å². The van der Waals surface area contributed by atoms with Crippen molar-refractivity contribution in [1.82, 2.24) is 0 Å². The van der Waals surface area contributed by atoms with Gasteiger partial charge in [0.05, 0.1) is 0 Å². The summed E-state index contributed by atoms with van der Waals surface area (Å²) in [6.45, 7) is 3.28. The maximum atomic E-state index is 14.0. The van der Waals surface area contributed by atoms with Gasteiger partial charge < -0.3 is 0 Å². The second-order valence-electron chi connectivity index (χ2n) is 6.42. The molecule has 0 amide bonds. The van der Waals surface area contributed by atoms with Gasteiger partial charge in [0.25, 0.3) is 0 Å². The molecule has 0 unspecified atom stereocenters. The summed E-state index contributed by atoms with van der Waals surface area (Å²) in [4.78, 5) is 0. The van der Waals surface area contributed by atoms with Gasteiger partial charge in [0, 0.05) is 6.42 Å². The van der Waals surface area contributed by atoms with Crippen LogP contribution >= 0.6 is 0 Å². The predicted octanol–water partition coefficient (Wildman–Crippen LogP) is 5.90. The van der Waals surface area contributed by atoms with Gasteiger partial charge in [0.1, 0.15) is 5.82 Å². The van der Waals surface area contributed by atoms with Crippen molar-refractivity contribution >= 4 is 0 Å². The molecule has 0 saturated carbocycles. The molecule has 0 aliphatic heterocycles. The van der Waals surface area contributed by atoms with Crippen LogP contribution in [0.3, 0.4) is 0 Å². The van der Waals surface area contributed by atoms with E-state index in [0.717, 1.165) is 16.7 Å². The summed E-state index contributed by atoms with van der Waals surface area (Å²) in [6, 6.07) is 16.1. The van der Waals surface area contributed by atoms with Crippen molar-refractivity contribution in [3.8, 4) is 0 Å². The molecule has 0 radical (unpaired) electrons. The monoisotopic (exact) mass is 340 g/mol. The zero-order valence-corrected chi connectivity index (χ0v) is 14.2. The number of rotatable bonds is 4. The summed E-state index contributed by atoms with van der Waals surface area (Å²) in [5.74, 6) is -1.76. The Morgan fingerprint density at radius 3 is 1.80 bits per heavy atom. The van der Waals surface area contributed by atoms with Gasteiger partial charge in [-0.05, 0) is 59.7 Å². The lowest BCUT2D eigenvalue weighted by molar-refractivity contribution is 0.495. The van der Waals surface area contributed by atoms with Crippen molar-refractivity contribution in [2.45, 2.75) is 26.7 Å². The highest BCUT2D eigenvalue weighted by Gasteiger charge is 2.11. The Labute approximate surface area is 146 Å². The molecule has 0 heterocycles. The minimum Gasteiger partial charge on any atom is -0.207 e. The van der Waals surface area contributed by atoms with E-state index in [1.54, 1.807) is 38.1 Å². The Bertz CT molecular complexity index is 896. The molecule has 25 heavy (non-hydrogen) atoms. The van der Waals surface area contributed by atoms with Crippen molar-refractivity contribution in [2.75, 3.05) is 0 Å². The zero-order chi connectivity index (χ0) is 18.0. The molecule has 0 aromatic heterocycles. The molecule has 3 rings (SSSR count). The van der Waals surface area contributed by atoms with Gasteiger partial charge in [-0.2, -0.15) is 0 Å². The zero-order valence-electron chi connectivity index (χ0n) is 14.2. The van der Waals surface area contributed by atoms with Crippen LogP contribution in [0, 0.1) is 31.3 Å². The van der Waals surface area contributed by atoms with Crippen LogP contribution in [0.5, 0.6) is 0 Å². The minimum absolute atomic E-state index is 0.203. The van der Waals surface area contributed by atoms with Gasteiger partial charge in [-0.3, -0.25) is 0 Å². The lowest BCUT2D eigenvalue weighted by Gasteiger charge is -2.08. The average molecular weight is 340 g/mol. The van der Waals surface area contributed by atoms with Crippen molar-refractivity contribution in [2.24, 2.45) is 0 Å². The Morgan fingerprint density at radius 1 is 0.600 bits per heavy atom. The van der Waals surface area contributed by atoms with Crippen LogP contribution in [0.4, 0.5) is 13.2 Å². The molecule has 0 spiro atoms. The molecular formula is C22H19F3. The van der Waals surface area contributed by atoms with Crippen LogP contribution in [0.25, 0.3) is 0 Å². The van der Waals surface area contributed by atoms with E-state index in [1.807, 2.05) is 30.3 Å². The molecule has 0 N–H and O–H groups in total. The normalized spacial score (nSPS) is 10.9. The third-order valence-electron chi connectivity index (χ3n) is 4.42. The predicted molar refractivity (Wildman–Crippen MR) is 94.3 cm³/mol. The fourth-order valence-corrected chi connectivity index (χ4v) is 2.80. The Kier molecular flexibility index (Phi) is 4.93. The SMILES string of the molecule is Cc1ccc(Cc2ccc(Cc3ccc(C)c(F)c3F)cc2)cc1F. The lowest BCUT2D eigenvalue weighted by atomic mass is 9.99. The van der Waals surface area contributed by atoms with Crippen molar-refractivity contribution in [1.29, 1.82) is 0 Å². The fourth-order valence-electron chi connectivity index (χ4n) is 2.80. The third-order valence-corrected chi connectivity index (χ3v) is 4.42. The highest BCUT2D eigenvalue weighted by atomic mass is 19.2. The topological polar surface area (TPSA) is 0 Å². The van der Waals surface area contributed by atoms with Gasteiger partial charge in [-0.15, -0.1) is 0 Å². The molecule has 0 bridgehead atoms. The van der Waals surface area contributed by atoms with E-state index < -0.39 is 11.6 Å². The summed E-state index contributed by atoms with van der Waals surface area (Å²) < 4.78 is 41.3. The van der Waals surface area contributed by atoms with E-state index in [9.17, 15) is 13.2 Å². The maximum Gasteiger partial charge on any atom is 0.162 e. The van der Waals surface area contributed by atoms with E-state index in [-0.39, 0.29) is 5.82 Å². The number of halogens is 3. The molecule has 0 saturated heterocycles. The summed E-state index contributed by atoms with van der Waals surface area (Å²) in [5, 5.41) is 0. The third kappa shape index (κ3) is 3.93. The summed E-state index contributed by atoms with van der Waals surface area (Å²) in [7, 11) is 0. The molecule has 0 fully saturated rings. The van der Waals surface area contributed by atoms with E-state index >= 15 is 0 Å². The standard InChI is InChI=1S/C22H19F3/c1-14-3-5-18(13-20(14)23)11-16-6-8-17(9-7-16)12-19-10-4-15(2)21(24)22(19)25/h3-10,13H,11-12H2,1-2H3. The van der Waals surface area contributed by atoms with Crippen molar-refractivity contribution in [3.63, 3.8) is 0 Å². The summed E-state index contributed by atoms with van der Waals surface area (Å²) in [5.41, 5.74) is 4.14. The molecular weight excluding hydrogens is 321 g/mol. The van der Waals surface area contributed by atoms with Crippen LogP contribution < -0.4 is 0 Å². The summed E-state index contributed by atoms with van der Waals surface area (Å²) >= 11 is 0. The van der Waals surface area contributed by atoms with Crippen LogP contribution in [0.15, 0.2) is 54.6 Å². The fraction of sp³-hybridized carbons (Fsp3) is 0.182. The lowest BCUT2D eigenvalue weighted by Crippen LogP contribution is -1.98. The van der Waals surface area contributed by atoms with Gasteiger partial charge in [0.2, 0.25) is 0 Å². The average Bonchev–Trinajstić information content (AvgIpc) is 2.60. The van der Waals surface area contributed by atoms with E-state index in [4.69, 9.17) is 0 Å². The van der Waals surface area contributed by atoms with Gasteiger partial charge in [-0.25, -0.2) is 13.2 Å². The largest absolute Gasteiger partial charge is 0.207 e. The summed E-state index contributed by atoms with van der Waals surface area (Å²) in [6.07, 6.45) is 0.966. The molecule has 0 aliphatic rings. The van der Waals surface area contributed by atoms with Crippen LogP contribution in [0.2, 0.25) is 0 Å². The molecule has 0 nitrogen and oxygen atoms in total. The molecule has 0 aliphatic carbocycles. The second-order valence-corrected chi connectivity index (χ2v) is 6.42. The first kappa shape index (κ1) is 17.3. The second kappa shape index (κ2) is 7.14. The van der Waals surface area contributed by atoms with E-state index in [1.165, 1.54) is 0 Å². The molecule has 128 valence electrons. The molecule has 3 aromatic rings. The smallest absolute Gasteiger partial charge is 0.162 e. The van der Waals surface area contributed by atoms with Crippen molar-refractivity contribution in [3.05, 3.63) is 105 Å². The van der Waals surface area contributed by atoms with Gasteiger partial charge >= 0.3 is 0 Å². The maximum absolute atomic E-state index is 14.0. The number of aryl methyl sites for hydroxylation is 2. The highest BCUT2D eigenvalue weighted by Crippen LogP contribution is 2.20. The first-order valence-corrected chi connectivity index (χ1v) is 8.20. The molecule has 3 heteroatoms. The Morgan fingerprint density at radius 2 is 1.16 bits per heavy atom. The molecule has 0 atom stereocenters. The van der Waals surface area contributed by atoms with Crippen molar-refractivity contribution < 1.29 is 13.2 Å². The van der Waals surface area contributed by atoms with Crippen LogP contribution in [0.1, 0.15) is 33.4 Å². The highest BCUT2D eigenvalue weighted by molar-refractivity contribution is 5.34. The minimum atomic E-state index is -0.782. The Hall–Kier alpha value is -2.55. The van der Waals surface area contributed by atoms with Crippen LogP contribution in [-0.2, 0) is 12.8 Å². The van der Waals surface area contributed by atoms with Gasteiger partial charge in [-0.1, -0.05) is 48.5 Å². The number of benzene rings is 3. The first-order chi connectivity index (χ1) is 11.9. The van der Waals surface area contributed by atoms with E-state index in [0.29, 0.717) is 29.5 Å².